The molecule has 0 spiro atoms. The Morgan fingerprint density at radius 2 is 1.94 bits per heavy atom. The van der Waals surface area contributed by atoms with Gasteiger partial charge >= 0.3 is 0 Å². The van der Waals surface area contributed by atoms with Crippen molar-refractivity contribution >= 4 is 11.0 Å². The molecule has 2 heterocycles. The van der Waals surface area contributed by atoms with E-state index in [2.05, 4.69) is 10.1 Å². The zero-order valence-electron chi connectivity index (χ0n) is 9.34. The predicted octanol–water partition coefficient (Wildman–Crippen LogP) is 1.93. The molecule has 0 bridgehead atoms. The zero-order chi connectivity index (χ0) is 11.8. The van der Waals surface area contributed by atoms with Crippen molar-refractivity contribution in [1.29, 1.82) is 0 Å². The molecule has 0 aliphatic heterocycles. The first-order chi connectivity index (χ1) is 8.27. The standard InChI is InChI=1S/C13H11N3O/c1-16-13-11(10(17)7-8-14-13)12(15-16)9-5-3-2-4-6-9/h2-8H,1H3,(H,14,17). The highest BCUT2D eigenvalue weighted by Gasteiger charge is 2.12. The molecule has 4 nitrogen and oxygen atoms in total. The lowest BCUT2D eigenvalue weighted by molar-refractivity contribution is 0.790. The summed E-state index contributed by atoms with van der Waals surface area (Å²) >= 11 is 0. The highest BCUT2D eigenvalue weighted by Crippen LogP contribution is 2.23. The average Bonchev–Trinajstić information content (AvgIpc) is 2.70. The van der Waals surface area contributed by atoms with Crippen molar-refractivity contribution in [3.8, 4) is 11.3 Å². The number of pyridine rings is 1. The van der Waals surface area contributed by atoms with Gasteiger partial charge in [-0.1, -0.05) is 30.3 Å². The summed E-state index contributed by atoms with van der Waals surface area (Å²) in [5.41, 5.74) is 2.42. The van der Waals surface area contributed by atoms with E-state index in [0.29, 0.717) is 5.39 Å². The number of nitrogens with one attached hydrogen (secondary N) is 1. The van der Waals surface area contributed by atoms with Gasteiger partial charge in [0.05, 0.1) is 5.39 Å². The second kappa shape index (κ2) is 3.59. The summed E-state index contributed by atoms with van der Waals surface area (Å²) in [7, 11) is 1.82. The molecule has 1 aromatic carbocycles. The van der Waals surface area contributed by atoms with Gasteiger partial charge in [-0.3, -0.25) is 9.48 Å². The molecule has 4 heteroatoms. The number of fused-ring (bicyclic) bond motifs is 1. The van der Waals surface area contributed by atoms with Crippen molar-refractivity contribution < 1.29 is 0 Å². The van der Waals surface area contributed by atoms with Gasteiger partial charge in [0.15, 0.2) is 5.43 Å². The van der Waals surface area contributed by atoms with Crippen molar-refractivity contribution in [3.63, 3.8) is 0 Å². The Kier molecular flexibility index (Phi) is 2.08. The number of rotatable bonds is 1. The largest absolute Gasteiger partial charge is 0.346 e. The Morgan fingerprint density at radius 3 is 2.71 bits per heavy atom. The number of aromatic nitrogens is 3. The molecule has 0 atom stereocenters. The summed E-state index contributed by atoms with van der Waals surface area (Å²) in [6.45, 7) is 0. The van der Waals surface area contributed by atoms with Crippen molar-refractivity contribution in [3.05, 3.63) is 52.8 Å². The number of aromatic amines is 1. The van der Waals surface area contributed by atoms with Crippen LogP contribution in [-0.4, -0.2) is 14.8 Å². The number of aryl methyl sites for hydroxylation is 1. The molecule has 0 aliphatic rings. The molecule has 0 aliphatic carbocycles. The molecule has 0 unspecified atom stereocenters. The number of hydrogen-bond acceptors (Lipinski definition) is 2. The Hall–Kier alpha value is -2.36. The van der Waals surface area contributed by atoms with E-state index >= 15 is 0 Å². The maximum atomic E-state index is 11.9. The molecule has 0 saturated heterocycles. The lowest BCUT2D eigenvalue weighted by Crippen LogP contribution is -2.00. The van der Waals surface area contributed by atoms with Crippen LogP contribution in [0.1, 0.15) is 0 Å². The van der Waals surface area contributed by atoms with Gasteiger partial charge in [-0.25, -0.2) is 0 Å². The van der Waals surface area contributed by atoms with Crippen LogP contribution < -0.4 is 5.43 Å². The van der Waals surface area contributed by atoms with Gasteiger partial charge < -0.3 is 4.98 Å². The minimum Gasteiger partial charge on any atom is -0.346 e. The SMILES string of the molecule is Cn1nc(-c2ccccc2)c2c(=O)cc[nH]c21. The molecule has 1 N–H and O–H groups in total. The molecule has 84 valence electrons. The first-order valence-corrected chi connectivity index (χ1v) is 5.37. The minimum absolute atomic E-state index is 0.00861. The summed E-state index contributed by atoms with van der Waals surface area (Å²) in [5, 5.41) is 5.05. The van der Waals surface area contributed by atoms with Gasteiger partial charge in [0.1, 0.15) is 11.3 Å². The third-order valence-corrected chi connectivity index (χ3v) is 2.80. The lowest BCUT2D eigenvalue weighted by atomic mass is 10.1. The Morgan fingerprint density at radius 1 is 1.18 bits per heavy atom. The normalized spacial score (nSPS) is 10.9. The minimum atomic E-state index is -0.00861. The van der Waals surface area contributed by atoms with Crippen molar-refractivity contribution in [2.75, 3.05) is 0 Å². The first-order valence-electron chi connectivity index (χ1n) is 5.37. The van der Waals surface area contributed by atoms with E-state index in [-0.39, 0.29) is 5.43 Å². The summed E-state index contributed by atoms with van der Waals surface area (Å²) in [6, 6.07) is 11.2. The summed E-state index contributed by atoms with van der Waals surface area (Å²) in [5.74, 6) is 0. The topological polar surface area (TPSA) is 50.7 Å². The van der Waals surface area contributed by atoms with Crippen molar-refractivity contribution in [2.45, 2.75) is 0 Å². The molecule has 17 heavy (non-hydrogen) atoms. The van der Waals surface area contributed by atoms with Crippen molar-refractivity contribution in [1.82, 2.24) is 14.8 Å². The third-order valence-electron chi connectivity index (χ3n) is 2.80. The van der Waals surface area contributed by atoms with Crippen LogP contribution in [0.25, 0.3) is 22.3 Å². The lowest BCUT2D eigenvalue weighted by Gasteiger charge is -1.95. The fraction of sp³-hybridized carbons (Fsp3) is 0.0769. The number of hydrogen-bond donors (Lipinski definition) is 1. The molecule has 3 rings (SSSR count). The summed E-state index contributed by atoms with van der Waals surface area (Å²) < 4.78 is 1.69. The monoisotopic (exact) mass is 225 g/mol. The Bertz CT molecular complexity index is 725. The summed E-state index contributed by atoms with van der Waals surface area (Å²) in [6.07, 6.45) is 1.64. The number of nitrogens with zero attached hydrogens (tertiary/aromatic N) is 2. The van der Waals surface area contributed by atoms with E-state index in [4.69, 9.17) is 0 Å². The van der Waals surface area contributed by atoms with Crippen LogP contribution >= 0.6 is 0 Å². The second-order valence-corrected chi connectivity index (χ2v) is 3.90. The Balaban J connectivity index is 2.43. The molecule has 2 aromatic heterocycles. The fourth-order valence-electron chi connectivity index (χ4n) is 2.00. The maximum Gasteiger partial charge on any atom is 0.193 e. The van der Waals surface area contributed by atoms with Crippen LogP contribution in [0.2, 0.25) is 0 Å². The molecule has 3 aromatic rings. The van der Waals surface area contributed by atoms with Crippen LogP contribution in [0.4, 0.5) is 0 Å². The third kappa shape index (κ3) is 1.45. The van der Waals surface area contributed by atoms with E-state index in [9.17, 15) is 4.79 Å². The van der Waals surface area contributed by atoms with Crippen LogP contribution in [0.15, 0.2) is 47.4 Å². The van der Waals surface area contributed by atoms with Gasteiger partial charge in [0.2, 0.25) is 0 Å². The van der Waals surface area contributed by atoms with Gasteiger partial charge in [0, 0.05) is 24.9 Å². The molecule has 0 saturated carbocycles. The van der Waals surface area contributed by atoms with E-state index in [1.54, 1.807) is 10.9 Å². The Labute approximate surface area is 97.5 Å². The molecule has 0 amide bonds. The molecular weight excluding hydrogens is 214 g/mol. The number of H-pyrrole nitrogens is 1. The summed E-state index contributed by atoms with van der Waals surface area (Å²) in [4.78, 5) is 15.0. The maximum absolute atomic E-state index is 11.9. The van der Waals surface area contributed by atoms with Crippen LogP contribution in [0, 0.1) is 0 Å². The van der Waals surface area contributed by atoms with E-state index in [1.165, 1.54) is 6.07 Å². The smallest absolute Gasteiger partial charge is 0.193 e. The van der Waals surface area contributed by atoms with Gasteiger partial charge in [-0.15, -0.1) is 0 Å². The van der Waals surface area contributed by atoms with E-state index in [1.807, 2.05) is 37.4 Å². The molecule has 0 fully saturated rings. The van der Waals surface area contributed by atoms with Crippen molar-refractivity contribution in [2.24, 2.45) is 7.05 Å². The highest BCUT2D eigenvalue weighted by atomic mass is 16.1. The first kappa shape index (κ1) is 9.84. The fourth-order valence-corrected chi connectivity index (χ4v) is 2.00. The van der Waals surface area contributed by atoms with E-state index in [0.717, 1.165) is 16.9 Å². The highest BCUT2D eigenvalue weighted by molar-refractivity contribution is 5.90. The second-order valence-electron chi connectivity index (χ2n) is 3.90. The number of benzene rings is 1. The quantitative estimate of drug-likeness (QED) is 0.688. The molecule has 0 radical (unpaired) electrons. The van der Waals surface area contributed by atoms with Gasteiger partial charge in [0.25, 0.3) is 0 Å². The zero-order valence-corrected chi connectivity index (χ0v) is 9.34. The average molecular weight is 225 g/mol. The van der Waals surface area contributed by atoms with Crippen LogP contribution in [-0.2, 0) is 7.05 Å². The predicted molar refractivity (Wildman–Crippen MR) is 66.8 cm³/mol. The molecular formula is C13H11N3O. The van der Waals surface area contributed by atoms with Crippen LogP contribution in [0.5, 0.6) is 0 Å². The van der Waals surface area contributed by atoms with Gasteiger partial charge in [-0.2, -0.15) is 5.10 Å². The van der Waals surface area contributed by atoms with Crippen LogP contribution in [0.3, 0.4) is 0 Å². The van der Waals surface area contributed by atoms with E-state index < -0.39 is 0 Å². The van der Waals surface area contributed by atoms with Gasteiger partial charge in [-0.05, 0) is 0 Å².